The number of β-amino-alcohol motifs (C(OH)–C–C–N with tert-alkyl or cyclic N) is 1. The molecule has 2 N–H and O–H groups in total. The largest absolute Gasteiger partial charge is 0.489 e. The topological polar surface area (TPSA) is 101 Å². The number of ether oxygens (including phenoxy) is 3. The fourth-order valence-electron chi connectivity index (χ4n) is 4.72. The fourth-order valence-corrected chi connectivity index (χ4v) is 4.72. The van der Waals surface area contributed by atoms with E-state index in [0.717, 1.165) is 24.8 Å². The van der Waals surface area contributed by atoms with Gasteiger partial charge >= 0.3 is 5.97 Å². The van der Waals surface area contributed by atoms with Gasteiger partial charge in [-0.3, -0.25) is 4.79 Å². The van der Waals surface area contributed by atoms with Gasteiger partial charge in [0.15, 0.2) is 0 Å². The molecule has 0 heterocycles. The molecule has 2 aromatic carbocycles. The van der Waals surface area contributed by atoms with Gasteiger partial charge < -0.3 is 24.6 Å². The molecule has 0 bridgehead atoms. The van der Waals surface area contributed by atoms with Gasteiger partial charge in [-0.2, -0.15) is 5.26 Å². The number of esters is 1. The van der Waals surface area contributed by atoms with Crippen molar-refractivity contribution in [3.63, 3.8) is 0 Å². The molecule has 0 aliphatic heterocycles. The second-order valence-corrected chi connectivity index (χ2v) is 10.1. The number of aliphatic hydroxyl groups is 1. The monoisotopic (exact) mass is 530 g/mol. The van der Waals surface area contributed by atoms with Crippen LogP contribution in [0.15, 0.2) is 42.5 Å². The second kappa shape index (κ2) is 14.9. The van der Waals surface area contributed by atoms with E-state index in [1.54, 1.807) is 25.3 Å². The third kappa shape index (κ3) is 9.98. The van der Waals surface area contributed by atoms with Crippen molar-refractivity contribution in [1.82, 2.24) is 5.32 Å². The minimum absolute atomic E-state index is 0. The van der Waals surface area contributed by atoms with Crippen LogP contribution in [0, 0.1) is 17.2 Å². The van der Waals surface area contributed by atoms with E-state index in [1.165, 1.54) is 11.1 Å². The smallest absolute Gasteiger partial charge is 0.306 e. The van der Waals surface area contributed by atoms with Crippen molar-refractivity contribution in [1.29, 1.82) is 5.26 Å². The van der Waals surface area contributed by atoms with E-state index < -0.39 is 6.10 Å². The number of nitrogens with one attached hydrogen (secondary N) is 1. The first kappa shape index (κ1) is 30.6. The van der Waals surface area contributed by atoms with Crippen molar-refractivity contribution in [2.45, 2.75) is 57.6 Å². The first-order chi connectivity index (χ1) is 17.3. The molecule has 1 unspecified atom stereocenters. The van der Waals surface area contributed by atoms with Gasteiger partial charge in [0.1, 0.15) is 31.1 Å². The zero-order valence-electron chi connectivity index (χ0n) is 22.0. The number of nitriles is 1. The average molecular weight is 531 g/mol. The Balaban J connectivity index is 0.00000481. The van der Waals surface area contributed by atoms with Crippen LogP contribution >= 0.6 is 12.4 Å². The van der Waals surface area contributed by atoms with Gasteiger partial charge in [-0.25, -0.2) is 0 Å². The zero-order valence-corrected chi connectivity index (χ0v) is 22.8. The van der Waals surface area contributed by atoms with Crippen molar-refractivity contribution in [2.24, 2.45) is 5.92 Å². The summed E-state index contributed by atoms with van der Waals surface area (Å²) in [5.41, 5.74) is 4.03. The summed E-state index contributed by atoms with van der Waals surface area (Å²) in [7, 11) is 1.55. The normalized spacial score (nSPS) is 13.8. The number of carbonyl (C=O) groups is 1. The highest BCUT2D eigenvalue weighted by Crippen LogP contribution is 2.31. The molecule has 8 heteroatoms. The number of fused-ring (bicyclic) bond motifs is 1. The van der Waals surface area contributed by atoms with E-state index in [4.69, 9.17) is 14.2 Å². The minimum atomic E-state index is -0.726. The lowest BCUT2D eigenvalue weighted by atomic mass is 9.88. The number of carbonyl (C=O) groups excluding carboxylic acids is 1. The van der Waals surface area contributed by atoms with Crippen LogP contribution < -0.4 is 10.1 Å². The van der Waals surface area contributed by atoms with Crippen LogP contribution in [0.4, 0.5) is 0 Å². The zero-order chi connectivity index (χ0) is 26.0. The molecule has 0 aromatic heterocycles. The van der Waals surface area contributed by atoms with Crippen molar-refractivity contribution < 1.29 is 24.1 Å². The third-order valence-electron chi connectivity index (χ3n) is 6.52. The Hall–Kier alpha value is -2.63. The number of nitrogens with zero attached hydrogens (tertiary/aromatic N) is 1. The molecule has 0 radical (unpaired) electrons. The van der Waals surface area contributed by atoms with Gasteiger partial charge in [-0.15, -0.1) is 12.4 Å². The van der Waals surface area contributed by atoms with Crippen molar-refractivity contribution in [3.05, 3.63) is 64.7 Å². The van der Waals surface area contributed by atoms with Crippen LogP contribution in [0.3, 0.4) is 0 Å². The number of methoxy groups -OCH3 is 1. The summed E-state index contributed by atoms with van der Waals surface area (Å²) in [6, 6.07) is 16.0. The van der Waals surface area contributed by atoms with E-state index in [-0.39, 0.29) is 43.5 Å². The summed E-state index contributed by atoms with van der Waals surface area (Å²) in [6.45, 7) is 5.39. The fraction of sp³-hybridized carbons (Fsp3) is 0.517. The van der Waals surface area contributed by atoms with Crippen molar-refractivity contribution in [2.75, 3.05) is 33.5 Å². The number of halogens is 1. The maximum atomic E-state index is 11.8. The van der Waals surface area contributed by atoms with Gasteiger partial charge in [0.2, 0.25) is 0 Å². The molecule has 37 heavy (non-hydrogen) atoms. The molecule has 2 aromatic rings. The Labute approximate surface area is 226 Å². The number of hydrogen-bond acceptors (Lipinski definition) is 7. The highest BCUT2D eigenvalue weighted by atomic mass is 35.5. The van der Waals surface area contributed by atoms with Gasteiger partial charge in [0.25, 0.3) is 0 Å². The maximum Gasteiger partial charge on any atom is 0.306 e. The minimum Gasteiger partial charge on any atom is -0.489 e. The number of aliphatic hydroxyl groups excluding tert-OH is 1. The van der Waals surface area contributed by atoms with E-state index in [1.807, 2.05) is 0 Å². The summed E-state index contributed by atoms with van der Waals surface area (Å²) in [5.74, 6) is 0.700. The van der Waals surface area contributed by atoms with E-state index >= 15 is 0 Å². The summed E-state index contributed by atoms with van der Waals surface area (Å²) >= 11 is 0. The van der Waals surface area contributed by atoms with E-state index in [0.29, 0.717) is 36.8 Å². The number of hydrogen-bond donors (Lipinski definition) is 2. The summed E-state index contributed by atoms with van der Waals surface area (Å²) in [4.78, 5) is 11.8. The molecule has 0 saturated heterocycles. The molecular weight excluding hydrogens is 492 g/mol. The molecule has 1 aliphatic carbocycles. The van der Waals surface area contributed by atoms with Crippen LogP contribution in [-0.4, -0.2) is 56.2 Å². The lowest BCUT2D eigenvalue weighted by Gasteiger charge is -2.30. The van der Waals surface area contributed by atoms with Crippen LogP contribution in [0.2, 0.25) is 0 Å². The quantitative estimate of drug-likeness (QED) is 0.281. The molecule has 0 spiro atoms. The summed E-state index contributed by atoms with van der Waals surface area (Å²) < 4.78 is 15.8. The molecule has 0 fully saturated rings. The van der Waals surface area contributed by atoms with Gasteiger partial charge in [0.05, 0.1) is 12.2 Å². The summed E-state index contributed by atoms with van der Waals surface area (Å²) in [5, 5.41) is 23.5. The molecule has 0 amide bonds. The van der Waals surface area contributed by atoms with Crippen LogP contribution in [-0.2, 0) is 33.5 Å². The Bertz CT molecular complexity index is 1030. The van der Waals surface area contributed by atoms with Crippen LogP contribution in [0.25, 0.3) is 0 Å². The molecule has 3 rings (SSSR count). The SMILES string of the molecule is COCCOC(=O)CCc1ccc(C#N)c(OCC(O)CNC(C)(C)CC2Cc3ccccc3C2)c1.Cl. The van der Waals surface area contributed by atoms with Gasteiger partial charge in [0, 0.05) is 25.6 Å². The molecule has 1 atom stereocenters. The predicted molar refractivity (Wildman–Crippen MR) is 145 cm³/mol. The first-order valence-corrected chi connectivity index (χ1v) is 12.6. The Morgan fingerprint density at radius 3 is 2.54 bits per heavy atom. The molecule has 0 saturated carbocycles. The second-order valence-electron chi connectivity index (χ2n) is 10.1. The molecule has 1 aliphatic rings. The van der Waals surface area contributed by atoms with Crippen molar-refractivity contribution >= 4 is 18.4 Å². The molecule has 7 nitrogen and oxygen atoms in total. The highest BCUT2D eigenvalue weighted by molar-refractivity contribution is 5.85. The lowest BCUT2D eigenvalue weighted by Crippen LogP contribution is -2.46. The first-order valence-electron chi connectivity index (χ1n) is 12.6. The molecule has 202 valence electrons. The standard InChI is InChI=1S/C29H38N2O5.ClH/c1-29(2,17-22-14-23-6-4-5-7-24(23)15-22)31-19-26(32)20-36-27-16-21(8-10-25(27)18-30)9-11-28(33)35-13-12-34-3;/h4-8,10,16,22,26,31-32H,9,11-15,17,19-20H2,1-3H3;1H. The Morgan fingerprint density at radius 1 is 1.19 bits per heavy atom. The maximum absolute atomic E-state index is 11.8. The van der Waals surface area contributed by atoms with Crippen LogP contribution in [0.1, 0.15) is 48.9 Å². The average Bonchev–Trinajstić information content (AvgIpc) is 3.26. The highest BCUT2D eigenvalue weighted by Gasteiger charge is 2.28. The third-order valence-corrected chi connectivity index (χ3v) is 6.52. The Kier molecular flexibility index (Phi) is 12.4. The Morgan fingerprint density at radius 2 is 1.89 bits per heavy atom. The number of benzene rings is 2. The number of rotatable bonds is 14. The van der Waals surface area contributed by atoms with Crippen molar-refractivity contribution in [3.8, 4) is 11.8 Å². The lowest BCUT2D eigenvalue weighted by molar-refractivity contribution is -0.144. The van der Waals surface area contributed by atoms with Crippen LogP contribution in [0.5, 0.6) is 5.75 Å². The predicted octanol–water partition coefficient (Wildman–Crippen LogP) is 4.02. The van der Waals surface area contributed by atoms with E-state index in [9.17, 15) is 15.2 Å². The van der Waals surface area contributed by atoms with Gasteiger partial charge in [-0.05, 0) is 74.3 Å². The summed E-state index contributed by atoms with van der Waals surface area (Å²) in [6.07, 6.45) is 3.19. The van der Waals surface area contributed by atoms with Gasteiger partial charge in [-0.1, -0.05) is 30.3 Å². The van der Waals surface area contributed by atoms with E-state index in [2.05, 4.69) is 49.5 Å². The molecular formula is C29H39ClN2O5. The number of aryl methyl sites for hydroxylation is 1.